The van der Waals surface area contributed by atoms with Crippen molar-refractivity contribution in [1.29, 1.82) is 0 Å². The largest absolute Gasteiger partial charge is 0.359 e. The molecule has 2 heteroatoms. The lowest BCUT2D eigenvalue weighted by atomic mass is 10.0. The molecule has 0 aromatic carbocycles. The van der Waals surface area contributed by atoms with E-state index in [4.69, 9.17) is 4.99 Å². The average molecular weight is 166 g/mol. The van der Waals surface area contributed by atoms with E-state index >= 15 is 0 Å². The Morgan fingerprint density at radius 3 is 2.83 bits per heavy atom. The van der Waals surface area contributed by atoms with Gasteiger partial charge in [0.25, 0.3) is 0 Å². The third-order valence-corrected chi connectivity index (χ3v) is 3.30. The molecule has 2 aliphatic rings. The third-order valence-electron chi connectivity index (χ3n) is 3.30. The van der Waals surface area contributed by atoms with E-state index in [2.05, 4.69) is 18.9 Å². The van der Waals surface area contributed by atoms with Crippen LogP contribution >= 0.6 is 0 Å². The summed E-state index contributed by atoms with van der Waals surface area (Å²) in [5.41, 5.74) is 0. The van der Waals surface area contributed by atoms with Gasteiger partial charge in [-0.1, -0.05) is 19.3 Å². The standard InChI is InChI=1S/C10H18N2/c1-8-11-9-6-4-3-5-7-10(9)12(8)2/h9-10H,3-7H2,1-2H3/t9-,10?/m0/s1. The second-order valence-electron chi connectivity index (χ2n) is 4.06. The highest BCUT2D eigenvalue weighted by atomic mass is 15.3. The Morgan fingerprint density at radius 2 is 2.00 bits per heavy atom. The average Bonchev–Trinajstić information content (AvgIpc) is 2.30. The molecule has 0 amide bonds. The molecule has 12 heavy (non-hydrogen) atoms. The summed E-state index contributed by atoms with van der Waals surface area (Å²) in [7, 11) is 2.19. The molecule has 0 aromatic rings. The van der Waals surface area contributed by atoms with Crippen molar-refractivity contribution >= 4 is 5.84 Å². The molecule has 1 aliphatic carbocycles. The zero-order valence-corrected chi connectivity index (χ0v) is 8.08. The number of hydrogen-bond donors (Lipinski definition) is 0. The molecule has 0 N–H and O–H groups in total. The van der Waals surface area contributed by atoms with Gasteiger partial charge in [-0.15, -0.1) is 0 Å². The lowest BCUT2D eigenvalue weighted by Crippen LogP contribution is -2.35. The molecule has 1 aliphatic heterocycles. The van der Waals surface area contributed by atoms with Crippen molar-refractivity contribution in [3.8, 4) is 0 Å². The minimum absolute atomic E-state index is 0.623. The van der Waals surface area contributed by atoms with E-state index < -0.39 is 0 Å². The Morgan fingerprint density at radius 1 is 1.25 bits per heavy atom. The van der Waals surface area contributed by atoms with Crippen LogP contribution < -0.4 is 0 Å². The molecule has 1 fully saturated rings. The Labute approximate surface area is 74.7 Å². The maximum absolute atomic E-state index is 4.69. The normalized spacial score (nSPS) is 35.8. The van der Waals surface area contributed by atoms with Crippen molar-refractivity contribution in [1.82, 2.24) is 4.90 Å². The minimum atomic E-state index is 0.623. The monoisotopic (exact) mass is 166 g/mol. The van der Waals surface area contributed by atoms with Gasteiger partial charge < -0.3 is 4.90 Å². The van der Waals surface area contributed by atoms with Gasteiger partial charge in [0.2, 0.25) is 0 Å². The molecule has 0 spiro atoms. The summed E-state index contributed by atoms with van der Waals surface area (Å²) in [5, 5.41) is 0. The van der Waals surface area contributed by atoms with Crippen LogP contribution in [0.25, 0.3) is 0 Å². The van der Waals surface area contributed by atoms with Gasteiger partial charge in [0.1, 0.15) is 0 Å². The number of hydrogen-bond acceptors (Lipinski definition) is 2. The fraction of sp³-hybridized carbons (Fsp3) is 0.900. The number of aliphatic imine (C=N–C) groups is 1. The van der Waals surface area contributed by atoms with Crippen LogP contribution in [0.2, 0.25) is 0 Å². The molecule has 0 radical (unpaired) electrons. The van der Waals surface area contributed by atoms with Crippen LogP contribution in [0.3, 0.4) is 0 Å². The molecular weight excluding hydrogens is 148 g/mol. The first-order valence-corrected chi connectivity index (χ1v) is 5.06. The second-order valence-corrected chi connectivity index (χ2v) is 4.06. The first-order valence-electron chi connectivity index (χ1n) is 5.06. The second kappa shape index (κ2) is 3.08. The van der Waals surface area contributed by atoms with Crippen LogP contribution in [0, 0.1) is 0 Å². The molecule has 2 atom stereocenters. The SMILES string of the molecule is CC1=N[C@H]2CCCCCC2N1C. The van der Waals surface area contributed by atoms with E-state index in [1.807, 2.05) is 0 Å². The van der Waals surface area contributed by atoms with Crippen molar-refractivity contribution in [2.45, 2.75) is 51.1 Å². The molecule has 0 saturated heterocycles. The van der Waals surface area contributed by atoms with Gasteiger partial charge in [-0.3, -0.25) is 4.99 Å². The molecule has 1 unspecified atom stereocenters. The molecule has 68 valence electrons. The summed E-state index contributed by atoms with van der Waals surface area (Å²) < 4.78 is 0. The smallest absolute Gasteiger partial charge is 0.0962 e. The van der Waals surface area contributed by atoms with Crippen LogP contribution in [-0.2, 0) is 0 Å². The summed E-state index contributed by atoms with van der Waals surface area (Å²) in [6.45, 7) is 2.13. The number of fused-ring (bicyclic) bond motifs is 1. The van der Waals surface area contributed by atoms with Crippen molar-refractivity contribution in [3.05, 3.63) is 0 Å². The van der Waals surface area contributed by atoms with Gasteiger partial charge in [0.15, 0.2) is 0 Å². The van der Waals surface area contributed by atoms with E-state index in [-0.39, 0.29) is 0 Å². The molecular formula is C10H18N2. The van der Waals surface area contributed by atoms with E-state index in [1.54, 1.807) is 0 Å². The predicted octanol–water partition coefficient (Wildman–Crippen LogP) is 2.05. The number of likely N-dealkylation sites (N-methyl/N-ethyl adjacent to an activating group) is 1. The topological polar surface area (TPSA) is 15.6 Å². The van der Waals surface area contributed by atoms with Gasteiger partial charge in [-0.2, -0.15) is 0 Å². The molecule has 2 nitrogen and oxygen atoms in total. The molecule has 2 rings (SSSR count). The summed E-state index contributed by atoms with van der Waals surface area (Å²) in [6, 6.07) is 1.35. The summed E-state index contributed by atoms with van der Waals surface area (Å²) >= 11 is 0. The van der Waals surface area contributed by atoms with Gasteiger partial charge in [0, 0.05) is 7.05 Å². The summed E-state index contributed by atoms with van der Waals surface area (Å²) in [4.78, 5) is 7.07. The van der Waals surface area contributed by atoms with Crippen LogP contribution in [0.15, 0.2) is 4.99 Å². The van der Waals surface area contributed by atoms with Crippen LogP contribution in [0.5, 0.6) is 0 Å². The lowest BCUT2D eigenvalue weighted by Gasteiger charge is -2.24. The van der Waals surface area contributed by atoms with Gasteiger partial charge >= 0.3 is 0 Å². The Hall–Kier alpha value is -0.530. The molecule has 1 heterocycles. The maximum Gasteiger partial charge on any atom is 0.0962 e. The summed E-state index contributed by atoms with van der Waals surface area (Å²) in [6.07, 6.45) is 6.85. The van der Waals surface area contributed by atoms with Crippen molar-refractivity contribution in [2.24, 2.45) is 4.99 Å². The first-order chi connectivity index (χ1) is 5.79. The van der Waals surface area contributed by atoms with Gasteiger partial charge in [-0.25, -0.2) is 0 Å². The van der Waals surface area contributed by atoms with Crippen LogP contribution in [0.1, 0.15) is 39.0 Å². The highest BCUT2D eigenvalue weighted by Gasteiger charge is 2.32. The fourth-order valence-corrected chi connectivity index (χ4v) is 2.44. The van der Waals surface area contributed by atoms with Crippen molar-refractivity contribution in [2.75, 3.05) is 7.05 Å². The van der Waals surface area contributed by atoms with Gasteiger partial charge in [0.05, 0.1) is 17.9 Å². The Kier molecular flexibility index (Phi) is 2.07. The number of rotatable bonds is 0. The van der Waals surface area contributed by atoms with E-state index in [0.29, 0.717) is 6.04 Å². The number of amidine groups is 1. The van der Waals surface area contributed by atoms with E-state index in [0.717, 1.165) is 6.04 Å². The van der Waals surface area contributed by atoms with E-state index in [9.17, 15) is 0 Å². The predicted molar refractivity (Wildman–Crippen MR) is 51.5 cm³/mol. The zero-order chi connectivity index (χ0) is 8.55. The first kappa shape index (κ1) is 8.09. The lowest BCUT2D eigenvalue weighted by molar-refractivity contribution is 0.333. The quantitative estimate of drug-likeness (QED) is 0.538. The highest BCUT2D eigenvalue weighted by molar-refractivity contribution is 5.81. The Balaban J connectivity index is 2.12. The summed E-state index contributed by atoms with van der Waals surface area (Å²) in [5.74, 6) is 1.24. The maximum atomic E-state index is 4.69. The van der Waals surface area contributed by atoms with Crippen LogP contribution in [-0.4, -0.2) is 29.9 Å². The number of nitrogens with zero attached hydrogens (tertiary/aromatic N) is 2. The van der Waals surface area contributed by atoms with Crippen LogP contribution in [0.4, 0.5) is 0 Å². The van der Waals surface area contributed by atoms with E-state index in [1.165, 1.54) is 37.9 Å². The third kappa shape index (κ3) is 1.23. The van der Waals surface area contributed by atoms with Crippen molar-refractivity contribution in [3.63, 3.8) is 0 Å². The minimum Gasteiger partial charge on any atom is -0.359 e. The fourth-order valence-electron chi connectivity index (χ4n) is 2.44. The zero-order valence-electron chi connectivity index (χ0n) is 8.08. The molecule has 0 bridgehead atoms. The molecule has 0 aromatic heterocycles. The molecule has 1 saturated carbocycles. The highest BCUT2D eigenvalue weighted by Crippen LogP contribution is 2.28. The van der Waals surface area contributed by atoms with Gasteiger partial charge in [-0.05, 0) is 19.8 Å². The van der Waals surface area contributed by atoms with Crippen molar-refractivity contribution < 1.29 is 0 Å². The Bertz CT molecular complexity index is 198.